The van der Waals surface area contributed by atoms with Crippen molar-refractivity contribution in [2.45, 2.75) is 57.9 Å². The predicted octanol–water partition coefficient (Wildman–Crippen LogP) is 3.65. The summed E-state index contributed by atoms with van der Waals surface area (Å²) < 4.78 is 0. The van der Waals surface area contributed by atoms with Crippen LogP contribution in [-0.4, -0.2) is 6.04 Å². The first kappa shape index (κ1) is 14.3. The van der Waals surface area contributed by atoms with Gasteiger partial charge in [-0.2, -0.15) is 0 Å². The lowest BCUT2D eigenvalue weighted by atomic mass is 9.91. The van der Waals surface area contributed by atoms with Crippen molar-refractivity contribution in [2.24, 2.45) is 5.84 Å². The smallest absolute Gasteiger partial charge is 0.0460 e. The van der Waals surface area contributed by atoms with Crippen molar-refractivity contribution in [1.82, 2.24) is 5.43 Å². The van der Waals surface area contributed by atoms with Crippen LogP contribution >= 0.6 is 0 Å². The molecule has 0 amide bonds. The van der Waals surface area contributed by atoms with Crippen molar-refractivity contribution in [2.75, 3.05) is 0 Å². The van der Waals surface area contributed by atoms with Crippen LogP contribution in [0, 0.1) is 6.92 Å². The molecule has 2 nitrogen and oxygen atoms in total. The summed E-state index contributed by atoms with van der Waals surface area (Å²) in [5.41, 5.74) is 7.19. The second-order valence-corrected chi connectivity index (χ2v) is 5.64. The molecule has 0 spiro atoms. The van der Waals surface area contributed by atoms with E-state index in [1.807, 2.05) is 0 Å². The Morgan fingerprint density at radius 3 is 2.58 bits per heavy atom. The van der Waals surface area contributed by atoms with Crippen LogP contribution in [-0.2, 0) is 6.42 Å². The van der Waals surface area contributed by atoms with Crippen LogP contribution in [0.3, 0.4) is 0 Å². The third kappa shape index (κ3) is 4.48. The van der Waals surface area contributed by atoms with Crippen LogP contribution in [0.15, 0.2) is 35.9 Å². The van der Waals surface area contributed by atoms with Crippen LogP contribution < -0.4 is 11.3 Å². The number of hydrazine groups is 1. The van der Waals surface area contributed by atoms with Gasteiger partial charge in [0.1, 0.15) is 0 Å². The maximum atomic E-state index is 5.78. The van der Waals surface area contributed by atoms with Gasteiger partial charge in [-0.3, -0.25) is 11.3 Å². The molecule has 19 heavy (non-hydrogen) atoms. The van der Waals surface area contributed by atoms with E-state index in [-0.39, 0.29) is 0 Å². The number of nitrogens with one attached hydrogen (secondary N) is 1. The Morgan fingerprint density at radius 2 is 1.84 bits per heavy atom. The molecule has 1 aliphatic carbocycles. The van der Waals surface area contributed by atoms with E-state index in [9.17, 15) is 0 Å². The minimum absolute atomic E-state index is 0.292. The summed E-state index contributed by atoms with van der Waals surface area (Å²) in [6.07, 6.45) is 11.2. The molecule has 1 aliphatic rings. The summed E-state index contributed by atoms with van der Waals surface area (Å²) in [5.74, 6) is 5.78. The number of hydrogen-bond donors (Lipinski definition) is 2. The molecule has 0 bridgehead atoms. The van der Waals surface area contributed by atoms with Gasteiger partial charge in [-0.15, -0.1) is 0 Å². The maximum absolute atomic E-state index is 5.78. The second kappa shape index (κ2) is 7.46. The molecule has 0 fully saturated rings. The van der Waals surface area contributed by atoms with Crippen molar-refractivity contribution < 1.29 is 0 Å². The van der Waals surface area contributed by atoms with E-state index in [2.05, 4.69) is 42.7 Å². The third-order valence-corrected chi connectivity index (χ3v) is 4.04. The second-order valence-electron chi connectivity index (χ2n) is 5.64. The van der Waals surface area contributed by atoms with Gasteiger partial charge >= 0.3 is 0 Å². The molecule has 1 aromatic carbocycles. The van der Waals surface area contributed by atoms with Crippen LogP contribution in [0.1, 0.15) is 49.7 Å². The number of nitrogens with two attached hydrogens (primary N) is 1. The molecule has 0 radical (unpaired) electrons. The maximum Gasteiger partial charge on any atom is 0.0460 e. The van der Waals surface area contributed by atoms with E-state index in [4.69, 9.17) is 5.84 Å². The van der Waals surface area contributed by atoms with E-state index < -0.39 is 0 Å². The molecule has 0 heterocycles. The summed E-state index contributed by atoms with van der Waals surface area (Å²) in [5, 5.41) is 0. The Labute approximate surface area is 117 Å². The molecule has 2 heteroatoms. The normalized spacial score (nSPS) is 21.1. The molecule has 0 aliphatic heterocycles. The molecule has 3 N–H and O–H groups in total. The highest BCUT2D eigenvalue weighted by molar-refractivity contribution is 5.24. The summed E-state index contributed by atoms with van der Waals surface area (Å²) in [7, 11) is 0. The van der Waals surface area contributed by atoms with Crippen molar-refractivity contribution in [3.05, 3.63) is 47.0 Å². The van der Waals surface area contributed by atoms with Crippen LogP contribution in [0.5, 0.6) is 0 Å². The molecule has 0 aromatic heterocycles. The standard InChI is InChI=1S/C17H26N2/c1-14-9-11-15(12-10-14)13-17(19-18)16-7-5-3-2-4-6-8-16/h7,9-12,17,19H,2-6,8,13,18H2,1H3/b16-7+. The molecule has 0 saturated carbocycles. The number of hydrogen-bond acceptors (Lipinski definition) is 2. The third-order valence-electron chi connectivity index (χ3n) is 4.04. The van der Waals surface area contributed by atoms with E-state index in [0.29, 0.717) is 6.04 Å². The average molecular weight is 258 g/mol. The molecule has 1 atom stereocenters. The monoisotopic (exact) mass is 258 g/mol. The highest BCUT2D eigenvalue weighted by atomic mass is 15.2. The summed E-state index contributed by atoms with van der Waals surface area (Å²) in [6.45, 7) is 2.12. The van der Waals surface area contributed by atoms with E-state index in [1.165, 1.54) is 55.2 Å². The first-order valence-electron chi connectivity index (χ1n) is 7.50. The Morgan fingerprint density at radius 1 is 1.11 bits per heavy atom. The quantitative estimate of drug-likeness (QED) is 0.491. The highest BCUT2D eigenvalue weighted by Crippen LogP contribution is 2.21. The summed E-state index contributed by atoms with van der Waals surface area (Å²) >= 11 is 0. The lowest BCUT2D eigenvalue weighted by Gasteiger charge is -2.21. The number of aryl methyl sites for hydroxylation is 1. The molecule has 0 saturated heterocycles. The number of benzene rings is 1. The van der Waals surface area contributed by atoms with Crippen molar-refractivity contribution in [3.8, 4) is 0 Å². The molecule has 104 valence electrons. The predicted molar refractivity (Wildman–Crippen MR) is 81.8 cm³/mol. The van der Waals surface area contributed by atoms with Crippen LogP contribution in [0.25, 0.3) is 0 Å². The van der Waals surface area contributed by atoms with E-state index >= 15 is 0 Å². The van der Waals surface area contributed by atoms with Crippen LogP contribution in [0.2, 0.25) is 0 Å². The fourth-order valence-electron chi connectivity index (χ4n) is 2.79. The Kier molecular flexibility index (Phi) is 5.62. The zero-order chi connectivity index (χ0) is 13.5. The van der Waals surface area contributed by atoms with Gasteiger partial charge in [0.05, 0.1) is 0 Å². The number of allylic oxidation sites excluding steroid dienone is 1. The van der Waals surface area contributed by atoms with Gasteiger partial charge in [-0.05, 0) is 44.6 Å². The van der Waals surface area contributed by atoms with Gasteiger partial charge < -0.3 is 0 Å². The zero-order valence-electron chi connectivity index (χ0n) is 12.0. The lowest BCUT2D eigenvalue weighted by Crippen LogP contribution is -2.38. The Hall–Kier alpha value is -1.12. The lowest BCUT2D eigenvalue weighted by molar-refractivity contribution is 0.537. The Bertz CT molecular complexity index is 406. The summed E-state index contributed by atoms with van der Waals surface area (Å²) in [4.78, 5) is 0. The minimum Gasteiger partial charge on any atom is -0.271 e. The molecule has 1 unspecified atom stereocenters. The first-order chi connectivity index (χ1) is 9.29. The molecule has 2 rings (SSSR count). The van der Waals surface area contributed by atoms with Crippen LogP contribution in [0.4, 0.5) is 0 Å². The molecular weight excluding hydrogens is 232 g/mol. The molecule has 1 aromatic rings. The van der Waals surface area contributed by atoms with Gasteiger partial charge in [0.25, 0.3) is 0 Å². The minimum atomic E-state index is 0.292. The largest absolute Gasteiger partial charge is 0.271 e. The first-order valence-corrected chi connectivity index (χ1v) is 7.50. The molecular formula is C17H26N2. The van der Waals surface area contributed by atoms with E-state index in [1.54, 1.807) is 0 Å². The van der Waals surface area contributed by atoms with Gasteiger partial charge in [0.2, 0.25) is 0 Å². The topological polar surface area (TPSA) is 38.0 Å². The fraction of sp³-hybridized carbons (Fsp3) is 0.529. The SMILES string of the molecule is Cc1ccc(CC(NN)/C2=C/CCCCCC2)cc1. The van der Waals surface area contributed by atoms with Gasteiger partial charge in [-0.25, -0.2) is 0 Å². The van der Waals surface area contributed by atoms with Gasteiger partial charge in [0.15, 0.2) is 0 Å². The van der Waals surface area contributed by atoms with Crippen molar-refractivity contribution >= 4 is 0 Å². The highest BCUT2D eigenvalue weighted by Gasteiger charge is 2.14. The average Bonchev–Trinajstić information content (AvgIpc) is 2.38. The van der Waals surface area contributed by atoms with Crippen molar-refractivity contribution in [3.63, 3.8) is 0 Å². The summed E-state index contributed by atoms with van der Waals surface area (Å²) in [6, 6.07) is 9.07. The fourth-order valence-corrected chi connectivity index (χ4v) is 2.79. The number of rotatable bonds is 4. The van der Waals surface area contributed by atoms with Gasteiger partial charge in [0, 0.05) is 6.04 Å². The van der Waals surface area contributed by atoms with Crippen molar-refractivity contribution in [1.29, 1.82) is 0 Å². The Balaban J connectivity index is 2.03. The zero-order valence-corrected chi connectivity index (χ0v) is 12.0. The van der Waals surface area contributed by atoms with Gasteiger partial charge in [-0.1, -0.05) is 54.3 Å². The van der Waals surface area contributed by atoms with E-state index in [0.717, 1.165) is 6.42 Å².